The molecule has 0 fully saturated rings. The van der Waals surface area contributed by atoms with Gasteiger partial charge in [-0.15, -0.1) is 0 Å². The Morgan fingerprint density at radius 2 is 1.91 bits per heavy atom. The van der Waals surface area contributed by atoms with E-state index >= 15 is 0 Å². The van der Waals surface area contributed by atoms with Crippen molar-refractivity contribution in [3.8, 4) is 11.3 Å². The molecular formula is C19H20Cl2N2. The smallest absolute Gasteiger partial charge is 0.0833 e. The van der Waals surface area contributed by atoms with E-state index in [0.29, 0.717) is 16.6 Å². The van der Waals surface area contributed by atoms with Crippen molar-refractivity contribution in [1.29, 1.82) is 0 Å². The highest BCUT2D eigenvalue weighted by Gasteiger charge is 2.16. The van der Waals surface area contributed by atoms with Gasteiger partial charge in [0.05, 0.1) is 15.6 Å². The number of H-pyrrole nitrogens is 1. The van der Waals surface area contributed by atoms with Crippen LogP contribution in [-0.2, 0) is 6.42 Å². The van der Waals surface area contributed by atoms with Crippen molar-refractivity contribution in [2.75, 3.05) is 6.54 Å². The van der Waals surface area contributed by atoms with E-state index < -0.39 is 0 Å². The molecule has 3 rings (SSSR count). The molecule has 3 N–H and O–H groups in total. The topological polar surface area (TPSA) is 41.8 Å². The van der Waals surface area contributed by atoms with Crippen molar-refractivity contribution < 1.29 is 0 Å². The zero-order chi connectivity index (χ0) is 16.4. The Hall–Kier alpha value is -1.48. The highest BCUT2D eigenvalue weighted by Crippen LogP contribution is 2.37. The van der Waals surface area contributed by atoms with Crippen molar-refractivity contribution in [3.05, 3.63) is 57.6 Å². The van der Waals surface area contributed by atoms with Gasteiger partial charge in [0.25, 0.3) is 0 Å². The maximum atomic E-state index is 6.41. The Labute approximate surface area is 146 Å². The number of hydrogen-bond acceptors (Lipinski definition) is 1. The third-order valence-electron chi connectivity index (χ3n) is 4.16. The summed E-state index contributed by atoms with van der Waals surface area (Å²) >= 11 is 12.6. The van der Waals surface area contributed by atoms with Gasteiger partial charge < -0.3 is 10.7 Å². The largest absolute Gasteiger partial charge is 0.353 e. The molecule has 0 saturated carbocycles. The molecule has 1 heterocycles. The van der Waals surface area contributed by atoms with E-state index in [2.05, 4.69) is 42.2 Å². The Kier molecular flexibility index (Phi) is 4.96. The second-order valence-corrected chi connectivity index (χ2v) is 6.66. The SMILES string of the molecule is Cc1cccc(-c2[nH]c3c(Cl)c(Cl)ccc3c2CCCCN)c1. The van der Waals surface area contributed by atoms with E-state index in [0.717, 1.165) is 35.9 Å². The van der Waals surface area contributed by atoms with E-state index in [-0.39, 0.29) is 0 Å². The van der Waals surface area contributed by atoms with Gasteiger partial charge in [-0.2, -0.15) is 0 Å². The van der Waals surface area contributed by atoms with Crippen LogP contribution < -0.4 is 5.73 Å². The van der Waals surface area contributed by atoms with Crippen molar-refractivity contribution in [2.45, 2.75) is 26.2 Å². The van der Waals surface area contributed by atoms with Gasteiger partial charge in [-0.25, -0.2) is 0 Å². The monoisotopic (exact) mass is 346 g/mol. The number of unbranched alkanes of at least 4 members (excludes halogenated alkanes) is 1. The summed E-state index contributed by atoms with van der Waals surface area (Å²) in [6.07, 6.45) is 3.04. The number of halogens is 2. The third kappa shape index (κ3) is 3.25. The van der Waals surface area contributed by atoms with E-state index in [1.807, 2.05) is 6.07 Å². The van der Waals surface area contributed by atoms with Crippen LogP contribution in [0.2, 0.25) is 10.0 Å². The minimum absolute atomic E-state index is 0.574. The van der Waals surface area contributed by atoms with E-state index in [4.69, 9.17) is 28.9 Å². The highest BCUT2D eigenvalue weighted by atomic mass is 35.5. The van der Waals surface area contributed by atoms with Crippen molar-refractivity contribution in [2.24, 2.45) is 5.73 Å². The Morgan fingerprint density at radius 1 is 1.09 bits per heavy atom. The fourth-order valence-corrected chi connectivity index (χ4v) is 3.38. The molecule has 0 saturated heterocycles. The zero-order valence-corrected chi connectivity index (χ0v) is 14.6. The summed E-state index contributed by atoms with van der Waals surface area (Å²) in [4.78, 5) is 3.50. The van der Waals surface area contributed by atoms with Gasteiger partial charge in [-0.1, -0.05) is 53.0 Å². The number of nitrogens with one attached hydrogen (secondary N) is 1. The first-order valence-electron chi connectivity index (χ1n) is 7.87. The Balaban J connectivity index is 2.18. The van der Waals surface area contributed by atoms with E-state index in [1.165, 1.54) is 16.7 Å². The lowest BCUT2D eigenvalue weighted by Gasteiger charge is -2.06. The van der Waals surface area contributed by atoms with Gasteiger partial charge in [0.15, 0.2) is 0 Å². The van der Waals surface area contributed by atoms with Crippen LogP contribution >= 0.6 is 23.2 Å². The molecule has 0 amide bonds. The van der Waals surface area contributed by atoms with Crippen molar-refractivity contribution in [3.63, 3.8) is 0 Å². The molecule has 3 aromatic rings. The summed E-state index contributed by atoms with van der Waals surface area (Å²) in [5, 5.41) is 2.31. The summed E-state index contributed by atoms with van der Waals surface area (Å²) in [7, 11) is 0. The molecule has 0 radical (unpaired) electrons. The first-order chi connectivity index (χ1) is 11.1. The minimum Gasteiger partial charge on any atom is -0.353 e. The summed E-state index contributed by atoms with van der Waals surface area (Å²) in [6, 6.07) is 12.4. The van der Waals surface area contributed by atoms with Crippen LogP contribution in [0.25, 0.3) is 22.2 Å². The Bertz CT molecular complexity index is 837. The van der Waals surface area contributed by atoms with Crippen molar-refractivity contribution in [1.82, 2.24) is 4.98 Å². The molecule has 0 aliphatic carbocycles. The molecule has 0 atom stereocenters. The molecule has 23 heavy (non-hydrogen) atoms. The maximum absolute atomic E-state index is 6.41. The normalized spacial score (nSPS) is 11.3. The third-order valence-corrected chi connectivity index (χ3v) is 4.96. The van der Waals surface area contributed by atoms with Crippen LogP contribution in [0.4, 0.5) is 0 Å². The van der Waals surface area contributed by atoms with Gasteiger partial charge >= 0.3 is 0 Å². The van der Waals surface area contributed by atoms with Gasteiger partial charge in [-0.3, -0.25) is 0 Å². The summed E-state index contributed by atoms with van der Waals surface area (Å²) in [6.45, 7) is 2.82. The van der Waals surface area contributed by atoms with Crippen LogP contribution in [0.15, 0.2) is 36.4 Å². The number of benzene rings is 2. The van der Waals surface area contributed by atoms with Gasteiger partial charge in [0.2, 0.25) is 0 Å². The molecular weight excluding hydrogens is 327 g/mol. The number of fused-ring (bicyclic) bond motifs is 1. The molecule has 120 valence electrons. The number of rotatable bonds is 5. The average Bonchev–Trinajstić information content (AvgIpc) is 2.91. The molecule has 0 spiro atoms. The predicted octanol–water partition coefficient (Wildman–Crippen LogP) is 5.73. The first kappa shape index (κ1) is 16.4. The van der Waals surface area contributed by atoms with E-state index in [9.17, 15) is 0 Å². The number of aryl methyl sites for hydroxylation is 2. The van der Waals surface area contributed by atoms with Crippen LogP contribution in [0.5, 0.6) is 0 Å². The minimum atomic E-state index is 0.574. The molecule has 0 aliphatic rings. The molecule has 0 bridgehead atoms. The zero-order valence-electron chi connectivity index (χ0n) is 13.1. The maximum Gasteiger partial charge on any atom is 0.0833 e. The standard InChI is InChI=1S/C19H20Cl2N2/c1-12-5-4-6-13(11-12)18-14(7-2-3-10-22)15-8-9-16(20)17(21)19(15)23-18/h4-6,8-9,11,23H,2-3,7,10,22H2,1H3. The summed E-state index contributed by atoms with van der Waals surface area (Å²) < 4.78 is 0. The van der Waals surface area contributed by atoms with Gasteiger partial charge in [0.1, 0.15) is 0 Å². The lowest BCUT2D eigenvalue weighted by Crippen LogP contribution is -1.99. The number of aromatic amines is 1. The van der Waals surface area contributed by atoms with Crippen LogP contribution in [-0.4, -0.2) is 11.5 Å². The van der Waals surface area contributed by atoms with E-state index in [1.54, 1.807) is 0 Å². The molecule has 2 nitrogen and oxygen atoms in total. The quantitative estimate of drug-likeness (QED) is 0.569. The Morgan fingerprint density at radius 3 is 2.65 bits per heavy atom. The summed E-state index contributed by atoms with van der Waals surface area (Å²) in [5.74, 6) is 0. The van der Waals surface area contributed by atoms with Crippen LogP contribution in [0.1, 0.15) is 24.0 Å². The number of aromatic nitrogens is 1. The van der Waals surface area contributed by atoms with Crippen LogP contribution in [0, 0.1) is 6.92 Å². The average molecular weight is 347 g/mol. The lowest BCUT2D eigenvalue weighted by atomic mass is 9.99. The molecule has 4 heteroatoms. The lowest BCUT2D eigenvalue weighted by molar-refractivity contribution is 0.748. The predicted molar refractivity (Wildman–Crippen MR) is 100 cm³/mol. The first-order valence-corrected chi connectivity index (χ1v) is 8.63. The second kappa shape index (κ2) is 6.96. The van der Waals surface area contributed by atoms with Crippen molar-refractivity contribution >= 4 is 34.1 Å². The highest BCUT2D eigenvalue weighted by molar-refractivity contribution is 6.45. The molecule has 0 aliphatic heterocycles. The fraction of sp³-hybridized carbons (Fsp3) is 0.263. The molecule has 0 unspecified atom stereocenters. The van der Waals surface area contributed by atoms with Gasteiger partial charge in [-0.05, 0) is 56.0 Å². The fourth-order valence-electron chi connectivity index (χ4n) is 3.01. The van der Waals surface area contributed by atoms with Gasteiger partial charge in [0, 0.05) is 11.1 Å². The summed E-state index contributed by atoms with van der Waals surface area (Å²) in [5.41, 5.74) is 11.4. The number of hydrogen-bond donors (Lipinski definition) is 2. The molecule has 1 aromatic heterocycles. The molecule has 2 aromatic carbocycles. The van der Waals surface area contributed by atoms with Crippen LogP contribution in [0.3, 0.4) is 0 Å². The second-order valence-electron chi connectivity index (χ2n) is 5.88. The number of nitrogens with two attached hydrogens (primary N) is 1.